The molecule has 33 heavy (non-hydrogen) atoms. The number of alkyl halides is 1. The van der Waals surface area contributed by atoms with Crippen LogP contribution in [0.15, 0.2) is 72.8 Å². The fourth-order valence-electron chi connectivity index (χ4n) is 4.20. The van der Waals surface area contributed by atoms with E-state index in [4.69, 9.17) is 18.6 Å². The molecule has 0 saturated heterocycles. The summed E-state index contributed by atoms with van der Waals surface area (Å²) in [5, 5.41) is 3.01. The highest BCUT2D eigenvalue weighted by atomic mass is 79.9. The first-order valence-corrected chi connectivity index (χ1v) is 14.1. The first-order chi connectivity index (χ1) is 15.9. The molecule has 0 unspecified atom stereocenters. The van der Waals surface area contributed by atoms with Crippen LogP contribution in [0, 0.1) is 0 Å². The van der Waals surface area contributed by atoms with Crippen LogP contribution in [-0.2, 0) is 11.3 Å². The van der Waals surface area contributed by atoms with Gasteiger partial charge in [0.1, 0.15) is 0 Å². The normalized spacial score (nSPS) is 11.8. The van der Waals surface area contributed by atoms with Gasteiger partial charge in [0.2, 0.25) is 5.75 Å². The predicted molar refractivity (Wildman–Crippen MR) is 141 cm³/mol. The van der Waals surface area contributed by atoms with Gasteiger partial charge in [-0.25, -0.2) is 0 Å². The summed E-state index contributed by atoms with van der Waals surface area (Å²) in [6, 6.07) is 25.1. The lowest BCUT2D eigenvalue weighted by Crippen LogP contribution is -2.68. The van der Waals surface area contributed by atoms with Gasteiger partial charge in [-0.3, -0.25) is 0 Å². The molecule has 4 nitrogen and oxygen atoms in total. The van der Waals surface area contributed by atoms with Crippen LogP contribution >= 0.6 is 15.9 Å². The van der Waals surface area contributed by atoms with Gasteiger partial charge in [0.25, 0.3) is 0 Å². The molecule has 3 aromatic rings. The molecule has 0 saturated carbocycles. The van der Waals surface area contributed by atoms with E-state index in [0.717, 1.165) is 10.9 Å². The molecule has 0 heterocycles. The van der Waals surface area contributed by atoms with Crippen molar-refractivity contribution >= 4 is 34.6 Å². The van der Waals surface area contributed by atoms with Gasteiger partial charge >= 0.3 is 8.32 Å². The smallest absolute Gasteiger partial charge is 0.320 e. The average molecular weight is 530 g/mol. The minimum Gasteiger partial charge on any atom is -0.531 e. The van der Waals surface area contributed by atoms with E-state index in [1.807, 2.05) is 24.3 Å². The van der Waals surface area contributed by atoms with Crippen LogP contribution in [0.5, 0.6) is 17.2 Å². The molecule has 3 rings (SSSR count). The van der Waals surface area contributed by atoms with E-state index in [0.29, 0.717) is 30.5 Å². The van der Waals surface area contributed by atoms with E-state index in [-0.39, 0.29) is 5.04 Å². The monoisotopic (exact) mass is 528 g/mol. The molecular formula is C27H33BrO4Si. The Morgan fingerprint density at radius 2 is 1.33 bits per heavy atom. The first kappa shape index (κ1) is 25.3. The van der Waals surface area contributed by atoms with Gasteiger partial charge in [-0.05, 0) is 33.1 Å². The van der Waals surface area contributed by atoms with Crippen molar-refractivity contribution in [3.8, 4) is 17.2 Å². The Labute approximate surface area is 207 Å². The Bertz CT molecular complexity index is 980. The molecule has 0 spiro atoms. The van der Waals surface area contributed by atoms with Gasteiger partial charge in [-0.1, -0.05) is 97.4 Å². The average Bonchev–Trinajstić information content (AvgIpc) is 2.82. The molecule has 0 aliphatic carbocycles. The van der Waals surface area contributed by atoms with Crippen LogP contribution in [0.1, 0.15) is 26.3 Å². The third-order valence-corrected chi connectivity index (χ3v) is 10.9. The van der Waals surface area contributed by atoms with Gasteiger partial charge in [0, 0.05) is 5.33 Å². The largest absolute Gasteiger partial charge is 0.531 e. The molecule has 0 fully saturated rings. The lowest BCUT2D eigenvalue weighted by atomic mass is 10.2. The first-order valence-electron chi connectivity index (χ1n) is 11.1. The van der Waals surface area contributed by atoms with E-state index in [9.17, 15) is 0 Å². The van der Waals surface area contributed by atoms with Crippen molar-refractivity contribution in [1.82, 2.24) is 0 Å². The second-order valence-electron chi connectivity index (χ2n) is 8.84. The van der Waals surface area contributed by atoms with Crippen molar-refractivity contribution in [1.29, 1.82) is 0 Å². The van der Waals surface area contributed by atoms with Gasteiger partial charge < -0.3 is 18.6 Å². The van der Waals surface area contributed by atoms with Crippen LogP contribution in [0.2, 0.25) is 5.04 Å². The third-order valence-electron chi connectivity index (χ3n) is 5.67. The number of methoxy groups -OCH3 is 2. The minimum absolute atomic E-state index is 0.170. The summed E-state index contributed by atoms with van der Waals surface area (Å²) in [6.07, 6.45) is 0. The lowest BCUT2D eigenvalue weighted by molar-refractivity contribution is 0.136. The predicted octanol–water partition coefficient (Wildman–Crippen LogP) is 5.55. The van der Waals surface area contributed by atoms with Crippen molar-refractivity contribution in [2.75, 3.05) is 26.2 Å². The zero-order chi connectivity index (χ0) is 23.9. The number of halogens is 1. The topological polar surface area (TPSA) is 36.9 Å². The Balaban J connectivity index is 2.24. The number of hydrogen-bond acceptors (Lipinski definition) is 4. The van der Waals surface area contributed by atoms with E-state index >= 15 is 0 Å². The van der Waals surface area contributed by atoms with Crippen LogP contribution in [0.25, 0.3) is 0 Å². The van der Waals surface area contributed by atoms with Crippen LogP contribution in [-0.4, -0.2) is 34.5 Å². The fourth-order valence-corrected chi connectivity index (χ4v) is 8.84. The zero-order valence-corrected chi connectivity index (χ0v) is 22.6. The van der Waals surface area contributed by atoms with Crippen molar-refractivity contribution in [3.63, 3.8) is 0 Å². The Hall–Kier alpha value is -2.28. The summed E-state index contributed by atoms with van der Waals surface area (Å²) in [5.74, 6) is 1.89. The van der Waals surface area contributed by atoms with Gasteiger partial charge in [0.05, 0.1) is 27.4 Å². The molecular weight excluding hydrogens is 496 g/mol. The van der Waals surface area contributed by atoms with E-state index in [1.165, 1.54) is 10.4 Å². The maximum absolute atomic E-state index is 7.22. The summed E-state index contributed by atoms with van der Waals surface area (Å²) in [7, 11) is 0.478. The van der Waals surface area contributed by atoms with Crippen LogP contribution in [0.4, 0.5) is 0 Å². The highest BCUT2D eigenvalue weighted by Crippen LogP contribution is 2.44. The van der Waals surface area contributed by atoms with E-state index in [1.54, 1.807) is 14.2 Å². The molecule has 0 aliphatic rings. The van der Waals surface area contributed by atoms with Crippen molar-refractivity contribution in [2.24, 2.45) is 0 Å². The molecule has 0 atom stereocenters. The lowest BCUT2D eigenvalue weighted by Gasteiger charge is -2.43. The standard InChI is InChI=1S/C27H33BrO4Si/c1-27(2,3)33(22-12-8-6-9-13-22,23-14-10-7-11-15-23)32-25-19-21(20-31-17-16-28)18-24(29-4)26(25)30-5/h6-15,18-19H,16-17,20H2,1-5H3. The van der Waals surface area contributed by atoms with Gasteiger partial charge in [-0.2, -0.15) is 0 Å². The van der Waals surface area contributed by atoms with Crippen molar-refractivity contribution < 1.29 is 18.6 Å². The SMILES string of the molecule is COc1cc(COCCBr)cc(O[Si](c2ccccc2)(c2ccccc2)C(C)(C)C)c1OC. The quantitative estimate of drug-likeness (QED) is 0.196. The molecule has 0 aromatic heterocycles. The maximum atomic E-state index is 7.22. The zero-order valence-electron chi connectivity index (χ0n) is 20.1. The Morgan fingerprint density at radius 3 is 1.79 bits per heavy atom. The second-order valence-corrected chi connectivity index (χ2v) is 13.9. The number of hydrogen-bond donors (Lipinski definition) is 0. The molecule has 3 aromatic carbocycles. The van der Waals surface area contributed by atoms with Crippen LogP contribution in [0.3, 0.4) is 0 Å². The van der Waals surface area contributed by atoms with E-state index < -0.39 is 8.32 Å². The van der Waals surface area contributed by atoms with Crippen molar-refractivity contribution in [2.45, 2.75) is 32.4 Å². The highest BCUT2D eigenvalue weighted by molar-refractivity contribution is 9.09. The number of ether oxygens (including phenoxy) is 3. The summed E-state index contributed by atoms with van der Waals surface area (Å²) in [5.41, 5.74) is 0.974. The second kappa shape index (κ2) is 11.2. The molecule has 6 heteroatoms. The Kier molecular flexibility index (Phi) is 8.62. The van der Waals surface area contributed by atoms with Gasteiger partial charge in [0.15, 0.2) is 11.5 Å². The number of benzene rings is 3. The van der Waals surface area contributed by atoms with Crippen molar-refractivity contribution in [3.05, 3.63) is 78.4 Å². The fraction of sp³-hybridized carbons (Fsp3) is 0.333. The summed E-state index contributed by atoms with van der Waals surface area (Å²) in [4.78, 5) is 0. The van der Waals surface area contributed by atoms with Gasteiger partial charge in [-0.15, -0.1) is 0 Å². The third kappa shape index (κ3) is 5.45. The molecule has 0 bridgehead atoms. The van der Waals surface area contributed by atoms with Crippen LogP contribution < -0.4 is 24.3 Å². The number of rotatable bonds is 10. The molecule has 176 valence electrons. The molecule has 0 amide bonds. The maximum Gasteiger partial charge on any atom is 0.320 e. The van der Waals surface area contributed by atoms with E-state index in [2.05, 4.69) is 85.2 Å². The summed E-state index contributed by atoms with van der Waals surface area (Å²) < 4.78 is 24.5. The highest BCUT2D eigenvalue weighted by Gasteiger charge is 2.52. The summed E-state index contributed by atoms with van der Waals surface area (Å²) >= 11 is 3.41. The summed E-state index contributed by atoms with van der Waals surface area (Å²) in [6.45, 7) is 7.85. The Morgan fingerprint density at radius 1 is 0.788 bits per heavy atom. The minimum atomic E-state index is -2.82. The molecule has 0 radical (unpaired) electrons. The molecule has 0 aliphatic heterocycles. The molecule has 0 N–H and O–H groups in total.